The topological polar surface area (TPSA) is 75.6 Å². The van der Waals surface area contributed by atoms with Gasteiger partial charge < -0.3 is 15.2 Å². The molecule has 0 aliphatic carbocycles. The number of nitrogens with one attached hydrogen (secondary N) is 1. The molecule has 1 unspecified atom stereocenters. The molecule has 3 aromatic rings. The van der Waals surface area contributed by atoms with Crippen LogP contribution in [0.15, 0.2) is 97.0 Å². The van der Waals surface area contributed by atoms with E-state index in [0.717, 1.165) is 16.3 Å². The van der Waals surface area contributed by atoms with Crippen LogP contribution in [0.3, 0.4) is 0 Å². The number of hydrogen-bond donors (Lipinski definition) is 2. The molecule has 0 radical (unpaired) electrons. The van der Waals surface area contributed by atoms with E-state index in [1.165, 1.54) is 6.08 Å². The van der Waals surface area contributed by atoms with Crippen molar-refractivity contribution in [3.8, 4) is 0 Å². The van der Waals surface area contributed by atoms with E-state index in [-0.39, 0.29) is 30.4 Å². The molecule has 3 aromatic carbocycles. The summed E-state index contributed by atoms with van der Waals surface area (Å²) in [5.41, 5.74) is 1.45. The fourth-order valence-electron chi connectivity index (χ4n) is 3.34. The summed E-state index contributed by atoms with van der Waals surface area (Å²) in [5, 5.41) is 15.4. The fourth-order valence-corrected chi connectivity index (χ4v) is 3.34. The quantitative estimate of drug-likeness (QED) is 0.216. The van der Waals surface area contributed by atoms with Gasteiger partial charge in [0.05, 0.1) is 6.04 Å². The van der Waals surface area contributed by atoms with Crippen LogP contribution in [0.2, 0.25) is 0 Å². The summed E-state index contributed by atoms with van der Waals surface area (Å²) in [6.45, 7) is 5.14. The summed E-state index contributed by atoms with van der Waals surface area (Å²) in [5.74, 6) is -1.36. The van der Waals surface area contributed by atoms with Gasteiger partial charge >= 0.3 is 0 Å². The predicted molar refractivity (Wildman–Crippen MR) is 122 cm³/mol. The Hall–Kier alpha value is -3.86. The molecule has 0 heterocycles. The van der Waals surface area contributed by atoms with Gasteiger partial charge in [-0.05, 0) is 23.3 Å². The molecule has 1 amide bonds. The maximum Gasteiger partial charge on any atom is 0.286 e. The number of carbonyl (C=O) groups is 2. The molecule has 1 atom stereocenters. The van der Waals surface area contributed by atoms with E-state index in [2.05, 4.69) is 11.9 Å². The van der Waals surface area contributed by atoms with E-state index in [1.807, 2.05) is 49.4 Å². The van der Waals surface area contributed by atoms with Crippen molar-refractivity contribution in [2.75, 3.05) is 6.61 Å². The number of rotatable bonds is 9. The summed E-state index contributed by atoms with van der Waals surface area (Å²) in [6, 6.07) is 22.2. The van der Waals surface area contributed by atoms with Gasteiger partial charge in [-0.3, -0.25) is 9.59 Å². The van der Waals surface area contributed by atoms with Gasteiger partial charge in [-0.25, -0.2) is 0 Å². The molecule has 0 bridgehead atoms. The molecule has 158 valence electrons. The van der Waals surface area contributed by atoms with Crippen molar-refractivity contribution >= 4 is 22.5 Å². The zero-order chi connectivity index (χ0) is 22.2. The number of amides is 1. The normalized spacial score (nSPS) is 12.5. The molecule has 5 heteroatoms. The zero-order valence-corrected chi connectivity index (χ0v) is 17.4. The number of carbonyl (C=O) groups excluding carboxylic acids is 2. The Morgan fingerprint density at radius 1 is 1.03 bits per heavy atom. The van der Waals surface area contributed by atoms with Crippen molar-refractivity contribution in [1.29, 1.82) is 0 Å². The number of ketones is 1. The molecular weight excluding hydrogens is 390 g/mol. The van der Waals surface area contributed by atoms with Crippen LogP contribution in [0.1, 0.15) is 35.3 Å². The number of aliphatic hydroxyl groups excluding tert-OH is 1. The Morgan fingerprint density at radius 3 is 2.45 bits per heavy atom. The van der Waals surface area contributed by atoms with Crippen molar-refractivity contribution in [3.05, 3.63) is 108 Å². The third kappa shape index (κ3) is 5.39. The van der Waals surface area contributed by atoms with Crippen molar-refractivity contribution in [2.24, 2.45) is 0 Å². The second kappa shape index (κ2) is 10.3. The molecule has 0 spiro atoms. The molecule has 0 aliphatic heterocycles. The minimum Gasteiger partial charge on any atom is -0.481 e. The first kappa shape index (κ1) is 21.8. The van der Waals surface area contributed by atoms with E-state index in [4.69, 9.17) is 4.74 Å². The molecule has 5 nitrogen and oxygen atoms in total. The number of aliphatic hydroxyl groups is 1. The minimum absolute atomic E-state index is 0.0166. The van der Waals surface area contributed by atoms with Gasteiger partial charge in [0.25, 0.3) is 11.9 Å². The highest BCUT2D eigenvalue weighted by atomic mass is 16.6. The number of hydrogen-bond acceptors (Lipinski definition) is 4. The summed E-state index contributed by atoms with van der Waals surface area (Å²) in [6.07, 6.45) is 1.59. The minimum atomic E-state index is -0.577. The average molecular weight is 415 g/mol. The lowest BCUT2D eigenvalue weighted by Gasteiger charge is -2.18. The smallest absolute Gasteiger partial charge is 0.286 e. The molecule has 31 heavy (non-hydrogen) atoms. The highest BCUT2D eigenvalue weighted by molar-refractivity contribution is 5.97. The molecule has 0 aliphatic rings. The molecular formula is C26H25NO4. The highest BCUT2D eigenvalue weighted by Crippen LogP contribution is 2.24. The predicted octanol–water partition coefficient (Wildman–Crippen LogP) is 5.26. The van der Waals surface area contributed by atoms with Gasteiger partial charge in [0.1, 0.15) is 5.57 Å². The first-order valence-corrected chi connectivity index (χ1v) is 10.0. The molecule has 3 rings (SSSR count). The molecule has 0 saturated heterocycles. The van der Waals surface area contributed by atoms with Gasteiger partial charge in [0.15, 0.2) is 12.4 Å². The van der Waals surface area contributed by atoms with Crippen LogP contribution in [-0.2, 0) is 9.53 Å². The summed E-state index contributed by atoms with van der Waals surface area (Å²) in [4.78, 5) is 25.1. The maximum absolute atomic E-state index is 12.9. The fraction of sp³-hybridized carbons (Fsp3) is 0.154. The molecule has 0 saturated carbocycles. The molecule has 0 aromatic heterocycles. The summed E-state index contributed by atoms with van der Waals surface area (Å²) >= 11 is 0. The van der Waals surface area contributed by atoms with Crippen LogP contribution in [0, 0.1) is 0 Å². The SMILES string of the molecule is C=CC/C(C(=O)NC(C)c1cccc2ccccc12)=C(/O)OCC(=O)c1ccccc1. The van der Waals surface area contributed by atoms with Gasteiger partial charge in [0, 0.05) is 12.0 Å². The van der Waals surface area contributed by atoms with Crippen molar-refractivity contribution in [2.45, 2.75) is 19.4 Å². The van der Waals surface area contributed by atoms with Crippen molar-refractivity contribution < 1.29 is 19.4 Å². The average Bonchev–Trinajstić information content (AvgIpc) is 2.80. The first-order chi connectivity index (χ1) is 15.0. The third-order valence-corrected chi connectivity index (χ3v) is 4.95. The van der Waals surface area contributed by atoms with Crippen LogP contribution in [0.4, 0.5) is 0 Å². The van der Waals surface area contributed by atoms with Crippen molar-refractivity contribution in [3.63, 3.8) is 0 Å². The van der Waals surface area contributed by atoms with Crippen LogP contribution in [0.5, 0.6) is 0 Å². The maximum atomic E-state index is 12.9. The largest absolute Gasteiger partial charge is 0.481 e. The Bertz CT molecular complexity index is 1110. The Labute approximate surface area is 181 Å². The number of allylic oxidation sites excluding steroid dienone is 1. The van der Waals surface area contributed by atoms with Crippen LogP contribution in [0.25, 0.3) is 10.8 Å². The second-order valence-electron chi connectivity index (χ2n) is 7.12. The third-order valence-electron chi connectivity index (χ3n) is 4.95. The van der Waals surface area contributed by atoms with E-state index in [0.29, 0.717) is 5.56 Å². The van der Waals surface area contributed by atoms with Crippen molar-refractivity contribution in [1.82, 2.24) is 5.32 Å². The number of benzene rings is 3. The summed E-state index contributed by atoms with van der Waals surface area (Å²) < 4.78 is 5.23. The molecule has 2 N–H and O–H groups in total. The second-order valence-corrected chi connectivity index (χ2v) is 7.12. The van der Waals surface area contributed by atoms with E-state index in [1.54, 1.807) is 30.3 Å². The number of fused-ring (bicyclic) bond motifs is 1. The highest BCUT2D eigenvalue weighted by Gasteiger charge is 2.20. The monoisotopic (exact) mass is 415 g/mol. The number of Topliss-reactive ketones (excluding diaryl/α,β-unsaturated/α-hetero) is 1. The van der Waals surface area contributed by atoms with Crippen LogP contribution >= 0.6 is 0 Å². The summed E-state index contributed by atoms with van der Waals surface area (Å²) in [7, 11) is 0. The van der Waals surface area contributed by atoms with Crippen LogP contribution in [-0.4, -0.2) is 23.4 Å². The lowest BCUT2D eigenvalue weighted by Crippen LogP contribution is -2.29. The van der Waals surface area contributed by atoms with Gasteiger partial charge in [0.2, 0.25) is 0 Å². The van der Waals surface area contributed by atoms with E-state index >= 15 is 0 Å². The Balaban J connectivity index is 1.74. The lowest BCUT2D eigenvalue weighted by atomic mass is 9.99. The zero-order valence-electron chi connectivity index (χ0n) is 17.4. The van der Waals surface area contributed by atoms with Gasteiger partial charge in [-0.2, -0.15) is 0 Å². The van der Waals surface area contributed by atoms with Gasteiger partial charge in [-0.1, -0.05) is 78.9 Å². The Kier molecular flexibility index (Phi) is 7.22. The standard InChI is InChI=1S/C26H25NO4/c1-3-10-23(26(30)31-17-24(28)20-12-5-4-6-13-20)25(29)27-18(2)21-16-9-14-19-11-7-8-15-22(19)21/h3-9,11-16,18,30H,1,10,17H2,2H3,(H,27,29)/b26-23+. The van der Waals surface area contributed by atoms with E-state index < -0.39 is 11.9 Å². The lowest BCUT2D eigenvalue weighted by molar-refractivity contribution is -0.118. The van der Waals surface area contributed by atoms with Gasteiger partial charge in [-0.15, -0.1) is 6.58 Å². The molecule has 0 fully saturated rings. The first-order valence-electron chi connectivity index (χ1n) is 10.0. The Morgan fingerprint density at radius 2 is 1.71 bits per heavy atom. The number of ether oxygens (including phenoxy) is 1. The van der Waals surface area contributed by atoms with E-state index in [9.17, 15) is 14.7 Å². The van der Waals surface area contributed by atoms with Crippen LogP contribution < -0.4 is 5.32 Å².